The molecule has 0 aliphatic rings. The van der Waals surface area contributed by atoms with Gasteiger partial charge in [-0.3, -0.25) is 4.79 Å². The van der Waals surface area contributed by atoms with Gasteiger partial charge in [0.15, 0.2) is 11.5 Å². The molecule has 84 valence electrons. The van der Waals surface area contributed by atoms with E-state index in [-0.39, 0.29) is 12.4 Å². The molecule has 0 amide bonds. The normalized spacial score (nSPS) is 10.9. The van der Waals surface area contributed by atoms with Crippen LogP contribution in [0.2, 0.25) is 0 Å². The van der Waals surface area contributed by atoms with Crippen molar-refractivity contribution < 1.29 is 14.3 Å². The van der Waals surface area contributed by atoms with E-state index in [0.29, 0.717) is 18.6 Å². The number of carbonyl (C=O) groups excluding carboxylic acids is 1. The maximum Gasteiger partial charge on any atom is 0.198 e. The molecule has 3 heteroatoms. The number of fused-ring (bicyclic) bond motifs is 1. The van der Waals surface area contributed by atoms with Crippen molar-refractivity contribution in [3.8, 4) is 0 Å². The van der Waals surface area contributed by atoms with E-state index in [0.717, 1.165) is 16.5 Å². The van der Waals surface area contributed by atoms with Gasteiger partial charge in [0, 0.05) is 18.4 Å². The molecule has 2 aromatic rings. The minimum Gasteiger partial charge on any atom is -0.453 e. The number of furan rings is 1. The van der Waals surface area contributed by atoms with E-state index in [1.165, 1.54) is 0 Å². The van der Waals surface area contributed by atoms with Gasteiger partial charge in [0.25, 0.3) is 0 Å². The van der Waals surface area contributed by atoms with E-state index < -0.39 is 0 Å². The maximum atomic E-state index is 11.7. The van der Waals surface area contributed by atoms with Crippen molar-refractivity contribution in [2.24, 2.45) is 0 Å². The van der Waals surface area contributed by atoms with Gasteiger partial charge in [0.1, 0.15) is 5.58 Å². The van der Waals surface area contributed by atoms with E-state index in [2.05, 4.69) is 0 Å². The second-order valence-corrected chi connectivity index (χ2v) is 3.90. The highest BCUT2D eigenvalue weighted by Crippen LogP contribution is 2.21. The summed E-state index contributed by atoms with van der Waals surface area (Å²) < 4.78 is 5.45. The quantitative estimate of drug-likeness (QED) is 0.803. The SMILES string of the molecule is Cc1ccc2oc(C(=O)CCCO)cc2c1. The first kappa shape index (κ1) is 10.9. The Morgan fingerprint density at radius 2 is 2.19 bits per heavy atom. The Labute approximate surface area is 93.7 Å². The van der Waals surface area contributed by atoms with Gasteiger partial charge in [-0.25, -0.2) is 0 Å². The van der Waals surface area contributed by atoms with Crippen LogP contribution in [-0.4, -0.2) is 17.5 Å². The van der Waals surface area contributed by atoms with Crippen LogP contribution in [0, 0.1) is 6.92 Å². The number of carbonyl (C=O) groups is 1. The molecule has 0 spiro atoms. The van der Waals surface area contributed by atoms with Gasteiger partial charge in [-0.2, -0.15) is 0 Å². The van der Waals surface area contributed by atoms with Gasteiger partial charge < -0.3 is 9.52 Å². The highest BCUT2D eigenvalue weighted by atomic mass is 16.3. The molecule has 1 heterocycles. The molecule has 2 rings (SSSR count). The van der Waals surface area contributed by atoms with Crippen molar-refractivity contribution in [3.63, 3.8) is 0 Å². The van der Waals surface area contributed by atoms with Gasteiger partial charge in [-0.1, -0.05) is 11.6 Å². The van der Waals surface area contributed by atoms with Crippen molar-refractivity contribution in [1.29, 1.82) is 0 Å². The van der Waals surface area contributed by atoms with Crippen LogP contribution >= 0.6 is 0 Å². The van der Waals surface area contributed by atoms with Crippen LogP contribution in [0.15, 0.2) is 28.7 Å². The molecule has 0 atom stereocenters. The number of aliphatic hydroxyl groups is 1. The first-order valence-corrected chi connectivity index (χ1v) is 5.35. The molecule has 0 radical (unpaired) electrons. The Hall–Kier alpha value is -1.61. The fraction of sp³-hybridized carbons (Fsp3) is 0.308. The lowest BCUT2D eigenvalue weighted by Crippen LogP contribution is -1.98. The second-order valence-electron chi connectivity index (χ2n) is 3.90. The highest BCUT2D eigenvalue weighted by molar-refractivity contribution is 5.97. The van der Waals surface area contributed by atoms with Crippen LogP contribution in [0.3, 0.4) is 0 Å². The molecule has 0 aliphatic carbocycles. The minimum absolute atomic E-state index is 0.0328. The molecule has 0 bridgehead atoms. The zero-order chi connectivity index (χ0) is 11.5. The first-order chi connectivity index (χ1) is 7.70. The number of hydrogen-bond acceptors (Lipinski definition) is 3. The molecule has 1 aromatic heterocycles. The number of rotatable bonds is 4. The summed E-state index contributed by atoms with van der Waals surface area (Å²) in [5.41, 5.74) is 1.88. The molecule has 0 aliphatic heterocycles. The molecule has 1 N–H and O–H groups in total. The van der Waals surface area contributed by atoms with Gasteiger partial charge in [0.05, 0.1) is 0 Å². The lowest BCUT2D eigenvalue weighted by molar-refractivity contribution is 0.0946. The molecule has 0 saturated heterocycles. The summed E-state index contributed by atoms with van der Waals surface area (Å²) in [5, 5.41) is 9.61. The Kier molecular flexibility index (Phi) is 3.06. The second kappa shape index (κ2) is 4.49. The fourth-order valence-electron chi connectivity index (χ4n) is 1.66. The van der Waals surface area contributed by atoms with Gasteiger partial charge in [0.2, 0.25) is 0 Å². The number of aryl methyl sites for hydroxylation is 1. The molecule has 0 fully saturated rings. The monoisotopic (exact) mass is 218 g/mol. The molecule has 0 unspecified atom stereocenters. The minimum atomic E-state index is -0.0529. The highest BCUT2D eigenvalue weighted by Gasteiger charge is 2.11. The zero-order valence-corrected chi connectivity index (χ0v) is 9.19. The smallest absolute Gasteiger partial charge is 0.198 e. The summed E-state index contributed by atoms with van der Waals surface area (Å²) in [6, 6.07) is 7.57. The van der Waals surface area contributed by atoms with Crippen molar-refractivity contribution in [2.75, 3.05) is 6.61 Å². The largest absolute Gasteiger partial charge is 0.453 e. The summed E-state index contributed by atoms with van der Waals surface area (Å²) in [6.07, 6.45) is 0.810. The fourth-order valence-corrected chi connectivity index (χ4v) is 1.66. The molecule has 3 nitrogen and oxygen atoms in total. The van der Waals surface area contributed by atoms with Crippen molar-refractivity contribution in [1.82, 2.24) is 0 Å². The number of ketones is 1. The first-order valence-electron chi connectivity index (χ1n) is 5.35. The van der Waals surface area contributed by atoms with E-state index in [9.17, 15) is 4.79 Å². The maximum absolute atomic E-state index is 11.7. The van der Waals surface area contributed by atoms with E-state index >= 15 is 0 Å². The summed E-state index contributed by atoms with van der Waals surface area (Å²) in [5.74, 6) is 0.331. The predicted octanol–water partition coefficient (Wildman–Crippen LogP) is 2.70. The van der Waals surface area contributed by atoms with Crippen molar-refractivity contribution in [3.05, 3.63) is 35.6 Å². The number of Topliss-reactive ketones (excluding diaryl/α,β-unsaturated/α-hetero) is 1. The van der Waals surface area contributed by atoms with Crippen LogP contribution in [0.5, 0.6) is 0 Å². The van der Waals surface area contributed by atoms with Crippen molar-refractivity contribution in [2.45, 2.75) is 19.8 Å². The molecular formula is C13H14O3. The Morgan fingerprint density at radius 3 is 2.94 bits per heavy atom. The molecule has 16 heavy (non-hydrogen) atoms. The van der Waals surface area contributed by atoms with Crippen LogP contribution in [-0.2, 0) is 0 Å². The lowest BCUT2D eigenvalue weighted by atomic mass is 10.1. The van der Waals surface area contributed by atoms with Crippen molar-refractivity contribution >= 4 is 16.8 Å². The zero-order valence-electron chi connectivity index (χ0n) is 9.19. The van der Waals surface area contributed by atoms with E-state index in [4.69, 9.17) is 9.52 Å². The summed E-state index contributed by atoms with van der Waals surface area (Å²) in [7, 11) is 0. The molecular weight excluding hydrogens is 204 g/mol. The Balaban J connectivity index is 2.28. The third-order valence-corrected chi connectivity index (χ3v) is 2.51. The van der Waals surface area contributed by atoms with Gasteiger partial charge in [-0.05, 0) is 31.5 Å². The summed E-state index contributed by atoms with van der Waals surface area (Å²) >= 11 is 0. The van der Waals surface area contributed by atoms with Crippen LogP contribution < -0.4 is 0 Å². The topological polar surface area (TPSA) is 50.4 Å². The van der Waals surface area contributed by atoms with Crippen LogP contribution in [0.1, 0.15) is 29.0 Å². The van der Waals surface area contributed by atoms with Crippen LogP contribution in [0.4, 0.5) is 0 Å². The molecule has 0 saturated carbocycles. The molecule has 1 aromatic carbocycles. The standard InChI is InChI=1S/C13H14O3/c1-9-4-5-12-10(7-9)8-13(16-12)11(15)3-2-6-14/h4-5,7-8,14H,2-3,6H2,1H3. The Morgan fingerprint density at radius 1 is 1.38 bits per heavy atom. The van der Waals surface area contributed by atoms with E-state index in [1.807, 2.05) is 25.1 Å². The van der Waals surface area contributed by atoms with Gasteiger partial charge >= 0.3 is 0 Å². The average molecular weight is 218 g/mol. The van der Waals surface area contributed by atoms with Gasteiger partial charge in [-0.15, -0.1) is 0 Å². The number of aliphatic hydroxyl groups excluding tert-OH is 1. The Bertz CT molecular complexity index is 511. The summed E-state index contributed by atoms with van der Waals surface area (Å²) in [4.78, 5) is 11.7. The third-order valence-electron chi connectivity index (χ3n) is 2.51. The average Bonchev–Trinajstić information content (AvgIpc) is 2.68. The third kappa shape index (κ3) is 2.14. The van der Waals surface area contributed by atoms with E-state index in [1.54, 1.807) is 6.07 Å². The number of hydrogen-bond donors (Lipinski definition) is 1. The predicted molar refractivity (Wildman–Crippen MR) is 61.6 cm³/mol. The number of benzene rings is 1. The van der Waals surface area contributed by atoms with Crippen LogP contribution in [0.25, 0.3) is 11.0 Å². The summed E-state index contributed by atoms with van der Waals surface area (Å²) in [6.45, 7) is 2.03. The lowest BCUT2D eigenvalue weighted by Gasteiger charge is -1.93.